The zero-order valence-corrected chi connectivity index (χ0v) is 18.1. The van der Waals surface area contributed by atoms with Crippen LogP contribution in [0.4, 0.5) is 4.79 Å². The molecule has 0 aliphatic carbocycles. The van der Waals surface area contributed by atoms with Crippen molar-refractivity contribution >= 4 is 29.2 Å². The minimum absolute atomic E-state index is 0.0610. The Morgan fingerprint density at radius 2 is 1.97 bits per heavy atom. The van der Waals surface area contributed by atoms with Gasteiger partial charge in [0.1, 0.15) is 5.54 Å². The van der Waals surface area contributed by atoms with E-state index < -0.39 is 29.1 Å². The van der Waals surface area contributed by atoms with Gasteiger partial charge in [-0.2, -0.15) is 9.69 Å². The summed E-state index contributed by atoms with van der Waals surface area (Å²) < 4.78 is 6.13. The molecule has 3 heterocycles. The Bertz CT molecular complexity index is 1190. The Balaban J connectivity index is 1.33. The van der Waals surface area contributed by atoms with E-state index in [2.05, 4.69) is 15.8 Å². The molecular formula is C21H21N5O5S. The average Bonchev–Trinajstić information content (AvgIpc) is 3.48. The molecule has 0 bridgehead atoms. The van der Waals surface area contributed by atoms with E-state index >= 15 is 0 Å². The lowest BCUT2D eigenvalue weighted by Gasteiger charge is -2.21. The van der Waals surface area contributed by atoms with Crippen molar-refractivity contribution in [3.05, 3.63) is 64.0 Å². The molecule has 4 rings (SSSR count). The van der Waals surface area contributed by atoms with Crippen molar-refractivity contribution in [3.8, 4) is 10.8 Å². The highest BCUT2D eigenvalue weighted by molar-refractivity contribution is 7.13. The van der Waals surface area contributed by atoms with Gasteiger partial charge in [0.25, 0.3) is 11.8 Å². The number of imide groups is 1. The second-order valence-electron chi connectivity index (χ2n) is 7.55. The fourth-order valence-corrected chi connectivity index (χ4v) is 3.97. The predicted octanol–water partition coefficient (Wildman–Crippen LogP) is 1.93. The molecule has 1 atom stereocenters. The van der Waals surface area contributed by atoms with Gasteiger partial charge in [-0.1, -0.05) is 36.4 Å². The molecule has 0 unspecified atom stereocenters. The lowest BCUT2D eigenvalue weighted by atomic mass is 9.93. The lowest BCUT2D eigenvalue weighted by molar-refractivity contribution is -0.139. The molecule has 1 aliphatic heterocycles. The lowest BCUT2D eigenvalue weighted by Crippen LogP contribution is -2.49. The number of thiophene rings is 1. The van der Waals surface area contributed by atoms with Crippen LogP contribution in [0.1, 0.15) is 25.3 Å². The fourth-order valence-electron chi connectivity index (χ4n) is 3.33. The van der Waals surface area contributed by atoms with Crippen molar-refractivity contribution in [2.24, 2.45) is 0 Å². The monoisotopic (exact) mass is 455 g/mol. The third kappa shape index (κ3) is 4.47. The number of hydrogen-bond donors (Lipinski definition) is 2. The summed E-state index contributed by atoms with van der Waals surface area (Å²) in [6.07, 6.45) is 0.800. The molecular weight excluding hydrogens is 434 g/mol. The highest BCUT2D eigenvalue weighted by Gasteiger charge is 2.48. The highest BCUT2D eigenvalue weighted by atomic mass is 32.1. The Hall–Kier alpha value is -3.73. The molecule has 166 valence electrons. The fraction of sp³-hybridized carbons (Fsp3) is 0.286. The molecule has 11 heteroatoms. The number of amides is 4. The summed E-state index contributed by atoms with van der Waals surface area (Å²) in [5.74, 6) is -1.66. The second-order valence-corrected chi connectivity index (χ2v) is 8.49. The Labute approximate surface area is 186 Å². The van der Waals surface area contributed by atoms with Gasteiger partial charge in [0.15, 0.2) is 0 Å². The minimum atomic E-state index is -1.13. The van der Waals surface area contributed by atoms with Gasteiger partial charge < -0.3 is 9.73 Å². The van der Waals surface area contributed by atoms with Gasteiger partial charge >= 0.3 is 11.8 Å². The second kappa shape index (κ2) is 8.79. The van der Waals surface area contributed by atoms with Crippen molar-refractivity contribution in [3.63, 3.8) is 0 Å². The minimum Gasteiger partial charge on any atom is -0.387 e. The first-order valence-electron chi connectivity index (χ1n) is 9.98. The van der Waals surface area contributed by atoms with Crippen LogP contribution in [0.3, 0.4) is 0 Å². The van der Waals surface area contributed by atoms with E-state index in [9.17, 15) is 19.2 Å². The number of nitrogens with zero attached hydrogens (tertiary/aromatic N) is 3. The zero-order valence-electron chi connectivity index (χ0n) is 17.2. The van der Waals surface area contributed by atoms with Gasteiger partial charge in [-0.15, -0.1) is 16.4 Å². The van der Waals surface area contributed by atoms with E-state index in [1.165, 1.54) is 11.3 Å². The number of carbonyl (C=O) groups is 3. The van der Waals surface area contributed by atoms with Crippen LogP contribution in [-0.2, 0) is 22.6 Å². The van der Waals surface area contributed by atoms with Crippen LogP contribution in [0.2, 0.25) is 0 Å². The molecule has 32 heavy (non-hydrogen) atoms. The van der Waals surface area contributed by atoms with E-state index in [0.29, 0.717) is 22.7 Å². The summed E-state index contributed by atoms with van der Waals surface area (Å²) in [6.45, 7) is 1.57. The summed E-state index contributed by atoms with van der Waals surface area (Å²) in [5, 5.41) is 9.24. The molecule has 10 nitrogen and oxygen atoms in total. The van der Waals surface area contributed by atoms with Crippen molar-refractivity contribution in [1.29, 1.82) is 0 Å². The van der Waals surface area contributed by atoms with Crippen molar-refractivity contribution in [2.75, 3.05) is 0 Å². The first-order valence-corrected chi connectivity index (χ1v) is 10.9. The van der Waals surface area contributed by atoms with Gasteiger partial charge in [0, 0.05) is 6.42 Å². The average molecular weight is 455 g/mol. The summed E-state index contributed by atoms with van der Waals surface area (Å²) >= 11 is 1.37. The van der Waals surface area contributed by atoms with Crippen LogP contribution in [0.15, 0.2) is 57.1 Å². The summed E-state index contributed by atoms with van der Waals surface area (Å²) in [7, 11) is 0. The predicted molar refractivity (Wildman–Crippen MR) is 115 cm³/mol. The standard InChI is InChI=1S/C21H21N5O5S/c1-21(11-9-14-6-3-2-4-7-14)18(28)26(19(29)22-21)23-16(27)10-12-25-20(30)31-17(24-25)15-8-5-13-32-15/h2-8,13H,9-12H2,1H3,(H,22,29)(H,23,27)/t21-/m1/s1. The van der Waals surface area contributed by atoms with Crippen molar-refractivity contribution in [2.45, 2.75) is 38.3 Å². The highest BCUT2D eigenvalue weighted by Crippen LogP contribution is 2.23. The van der Waals surface area contributed by atoms with E-state index in [0.717, 1.165) is 10.2 Å². The smallest absolute Gasteiger partial charge is 0.387 e. The van der Waals surface area contributed by atoms with Gasteiger partial charge in [-0.3, -0.25) is 15.0 Å². The van der Waals surface area contributed by atoms with Crippen LogP contribution in [0, 0.1) is 0 Å². The number of hydrazine groups is 1. The SMILES string of the molecule is C[C@]1(CCc2ccccc2)NC(=O)N(NC(=O)CCn2nc(-c3cccs3)oc2=O)C1=O. The van der Waals surface area contributed by atoms with Crippen LogP contribution >= 0.6 is 11.3 Å². The Morgan fingerprint density at radius 1 is 1.19 bits per heavy atom. The number of aromatic nitrogens is 2. The number of nitrogens with one attached hydrogen (secondary N) is 2. The maximum atomic E-state index is 12.8. The number of urea groups is 1. The summed E-state index contributed by atoms with van der Waals surface area (Å²) in [6, 6.07) is 12.5. The summed E-state index contributed by atoms with van der Waals surface area (Å²) in [5.41, 5.74) is 2.23. The van der Waals surface area contributed by atoms with Crippen molar-refractivity contribution in [1.82, 2.24) is 25.5 Å². The number of hydrogen-bond acceptors (Lipinski definition) is 7. The molecule has 1 aliphatic rings. The number of carbonyl (C=O) groups excluding carboxylic acids is 3. The van der Waals surface area contributed by atoms with Gasteiger partial charge in [-0.25, -0.2) is 9.59 Å². The summed E-state index contributed by atoms with van der Waals surface area (Å²) in [4.78, 5) is 50.1. The quantitative estimate of drug-likeness (QED) is 0.500. The number of benzene rings is 1. The maximum absolute atomic E-state index is 12.8. The molecule has 0 spiro atoms. The molecule has 1 aromatic carbocycles. The third-order valence-corrected chi connectivity index (χ3v) is 6.00. The largest absolute Gasteiger partial charge is 0.437 e. The third-order valence-electron chi connectivity index (χ3n) is 5.14. The van der Waals surface area contributed by atoms with E-state index in [1.54, 1.807) is 19.1 Å². The van der Waals surface area contributed by atoms with Gasteiger partial charge in [-0.05, 0) is 36.8 Å². The molecule has 4 amide bonds. The van der Waals surface area contributed by atoms with Crippen LogP contribution in [0.5, 0.6) is 0 Å². The first kappa shape index (κ1) is 21.5. The maximum Gasteiger partial charge on any atom is 0.437 e. The van der Waals surface area contributed by atoms with Crippen molar-refractivity contribution < 1.29 is 18.8 Å². The van der Waals surface area contributed by atoms with Gasteiger partial charge in [0.05, 0.1) is 11.4 Å². The number of rotatable bonds is 8. The molecule has 0 saturated carbocycles. The molecule has 0 radical (unpaired) electrons. The van der Waals surface area contributed by atoms with E-state index in [4.69, 9.17) is 4.42 Å². The van der Waals surface area contributed by atoms with E-state index in [1.807, 2.05) is 35.7 Å². The van der Waals surface area contributed by atoms with Crippen LogP contribution in [0.25, 0.3) is 10.8 Å². The zero-order chi connectivity index (χ0) is 22.7. The normalized spacial score (nSPS) is 18.1. The first-order chi connectivity index (χ1) is 15.4. The van der Waals surface area contributed by atoms with Crippen LogP contribution in [-0.4, -0.2) is 38.2 Å². The molecule has 3 aromatic rings. The molecule has 2 N–H and O–H groups in total. The van der Waals surface area contributed by atoms with E-state index in [-0.39, 0.29) is 18.9 Å². The topological polar surface area (TPSA) is 127 Å². The number of aryl methyl sites for hydroxylation is 2. The molecule has 1 fully saturated rings. The van der Waals surface area contributed by atoms with Crippen LogP contribution < -0.4 is 16.5 Å². The Kier molecular flexibility index (Phi) is 5.91. The van der Waals surface area contributed by atoms with Gasteiger partial charge in [0.2, 0.25) is 5.91 Å². The molecule has 2 aromatic heterocycles. The Morgan fingerprint density at radius 3 is 2.69 bits per heavy atom. The molecule has 1 saturated heterocycles.